The number of aliphatic hydroxyl groups excluding tert-OH is 1. The summed E-state index contributed by atoms with van der Waals surface area (Å²) in [4.78, 5) is 2.47. The van der Waals surface area contributed by atoms with Gasteiger partial charge in [0.15, 0.2) is 0 Å². The van der Waals surface area contributed by atoms with Crippen molar-refractivity contribution >= 4 is 0 Å². The van der Waals surface area contributed by atoms with Crippen molar-refractivity contribution in [1.29, 1.82) is 0 Å². The summed E-state index contributed by atoms with van der Waals surface area (Å²) in [5.74, 6) is 0.371. The summed E-state index contributed by atoms with van der Waals surface area (Å²) in [6.07, 6.45) is 6.11. The third-order valence-electron chi connectivity index (χ3n) is 4.12. The number of hydrogen-bond donors (Lipinski definition) is 1. The molecule has 1 N–H and O–H groups in total. The first kappa shape index (κ1) is 12.3. The maximum Gasteiger partial charge on any atom is 0.0718 e. The molecule has 2 fully saturated rings. The molecule has 2 aliphatic heterocycles. The topological polar surface area (TPSA) is 32.7 Å². The number of aliphatic hydroxyl groups is 1. The number of rotatable bonds is 3. The van der Waals surface area contributed by atoms with Gasteiger partial charge in [-0.15, -0.1) is 0 Å². The second kappa shape index (κ2) is 5.99. The van der Waals surface area contributed by atoms with Crippen molar-refractivity contribution in [2.75, 3.05) is 26.3 Å². The summed E-state index contributed by atoms with van der Waals surface area (Å²) in [5, 5.41) is 10.2. The SMILES string of the molecule is CC1CCCCCN1CC(O)C1CCOC1. The Labute approximate surface area is 98.8 Å². The van der Waals surface area contributed by atoms with E-state index in [1.54, 1.807) is 0 Å². The molecule has 2 saturated heterocycles. The van der Waals surface area contributed by atoms with Gasteiger partial charge in [0.2, 0.25) is 0 Å². The highest BCUT2D eigenvalue weighted by molar-refractivity contribution is 4.79. The van der Waals surface area contributed by atoms with Gasteiger partial charge >= 0.3 is 0 Å². The van der Waals surface area contributed by atoms with Crippen molar-refractivity contribution in [2.24, 2.45) is 5.92 Å². The molecule has 3 heteroatoms. The molecule has 3 atom stereocenters. The van der Waals surface area contributed by atoms with Crippen LogP contribution in [0.2, 0.25) is 0 Å². The molecule has 0 amide bonds. The van der Waals surface area contributed by atoms with E-state index in [1.165, 1.54) is 25.7 Å². The lowest BCUT2D eigenvalue weighted by molar-refractivity contribution is 0.0445. The van der Waals surface area contributed by atoms with Crippen LogP contribution in [0.4, 0.5) is 0 Å². The van der Waals surface area contributed by atoms with Crippen LogP contribution in [0.25, 0.3) is 0 Å². The van der Waals surface area contributed by atoms with Crippen LogP contribution in [0.3, 0.4) is 0 Å². The van der Waals surface area contributed by atoms with Gasteiger partial charge in [0.1, 0.15) is 0 Å². The van der Waals surface area contributed by atoms with E-state index in [0.717, 1.165) is 32.7 Å². The molecule has 3 unspecified atom stereocenters. The Kier molecular flexibility index (Phi) is 4.62. The molecular weight excluding hydrogens is 202 g/mol. The molecule has 94 valence electrons. The van der Waals surface area contributed by atoms with E-state index < -0.39 is 0 Å². The summed E-state index contributed by atoms with van der Waals surface area (Å²) in [6.45, 7) is 5.88. The van der Waals surface area contributed by atoms with E-state index in [0.29, 0.717) is 12.0 Å². The molecule has 0 aromatic heterocycles. The molecule has 0 aromatic rings. The van der Waals surface area contributed by atoms with Gasteiger partial charge in [-0.05, 0) is 32.7 Å². The quantitative estimate of drug-likeness (QED) is 0.795. The highest BCUT2D eigenvalue weighted by Crippen LogP contribution is 2.21. The second-order valence-electron chi connectivity index (χ2n) is 5.38. The van der Waals surface area contributed by atoms with Gasteiger partial charge in [0.05, 0.1) is 12.7 Å². The van der Waals surface area contributed by atoms with Gasteiger partial charge in [-0.1, -0.05) is 12.8 Å². The fourth-order valence-corrected chi connectivity index (χ4v) is 2.85. The molecule has 2 heterocycles. The first-order valence-electron chi connectivity index (χ1n) is 6.77. The van der Waals surface area contributed by atoms with Gasteiger partial charge in [-0.2, -0.15) is 0 Å². The normalized spacial score (nSPS) is 34.9. The molecule has 0 bridgehead atoms. The Morgan fingerprint density at radius 3 is 2.94 bits per heavy atom. The first-order chi connectivity index (χ1) is 7.77. The number of ether oxygens (including phenoxy) is 1. The highest BCUT2D eigenvalue weighted by atomic mass is 16.5. The molecule has 3 nitrogen and oxygen atoms in total. The van der Waals surface area contributed by atoms with Crippen molar-refractivity contribution in [3.05, 3.63) is 0 Å². The average molecular weight is 227 g/mol. The summed E-state index contributed by atoms with van der Waals surface area (Å²) >= 11 is 0. The lowest BCUT2D eigenvalue weighted by Crippen LogP contribution is -2.41. The Balaban J connectivity index is 1.81. The summed E-state index contributed by atoms with van der Waals surface area (Å²) in [5.41, 5.74) is 0. The zero-order valence-electron chi connectivity index (χ0n) is 10.4. The van der Waals surface area contributed by atoms with Crippen LogP contribution in [-0.2, 0) is 4.74 Å². The standard InChI is InChI=1S/C13H25NO2/c1-11-5-3-2-4-7-14(11)9-13(15)12-6-8-16-10-12/h11-13,15H,2-10H2,1H3. The summed E-state index contributed by atoms with van der Waals surface area (Å²) in [7, 11) is 0. The van der Waals surface area contributed by atoms with Crippen molar-refractivity contribution in [1.82, 2.24) is 4.90 Å². The summed E-state index contributed by atoms with van der Waals surface area (Å²) in [6, 6.07) is 0.638. The number of likely N-dealkylation sites (tertiary alicyclic amines) is 1. The zero-order valence-corrected chi connectivity index (χ0v) is 10.4. The molecule has 0 aliphatic carbocycles. The second-order valence-corrected chi connectivity index (χ2v) is 5.38. The Bertz CT molecular complexity index is 204. The number of hydrogen-bond acceptors (Lipinski definition) is 3. The van der Waals surface area contributed by atoms with Crippen LogP contribution in [0, 0.1) is 5.92 Å². The highest BCUT2D eigenvalue weighted by Gasteiger charge is 2.27. The fourth-order valence-electron chi connectivity index (χ4n) is 2.85. The predicted molar refractivity (Wildman–Crippen MR) is 64.4 cm³/mol. The third kappa shape index (κ3) is 3.19. The third-order valence-corrected chi connectivity index (χ3v) is 4.12. The maximum atomic E-state index is 10.2. The molecule has 16 heavy (non-hydrogen) atoms. The Hall–Kier alpha value is -0.120. The minimum atomic E-state index is -0.192. The molecule has 0 radical (unpaired) electrons. The van der Waals surface area contributed by atoms with Crippen LogP contribution in [-0.4, -0.2) is 48.5 Å². The molecule has 2 aliphatic rings. The molecule has 0 aromatic carbocycles. The molecular formula is C13H25NO2. The molecule has 2 rings (SSSR count). The Morgan fingerprint density at radius 1 is 1.31 bits per heavy atom. The van der Waals surface area contributed by atoms with Crippen LogP contribution in [0.5, 0.6) is 0 Å². The van der Waals surface area contributed by atoms with E-state index >= 15 is 0 Å². The van der Waals surface area contributed by atoms with E-state index in [4.69, 9.17) is 4.74 Å². The lowest BCUT2D eigenvalue weighted by Gasteiger charge is -2.30. The van der Waals surface area contributed by atoms with Crippen molar-refractivity contribution in [3.63, 3.8) is 0 Å². The van der Waals surface area contributed by atoms with E-state index in [9.17, 15) is 5.11 Å². The number of β-amino-alcohol motifs (C(OH)–C–C–N with tert-alkyl or cyclic N) is 1. The van der Waals surface area contributed by atoms with Gasteiger partial charge in [0, 0.05) is 25.1 Å². The van der Waals surface area contributed by atoms with E-state index in [1.807, 2.05) is 0 Å². The zero-order chi connectivity index (χ0) is 11.4. The largest absolute Gasteiger partial charge is 0.391 e. The van der Waals surface area contributed by atoms with Gasteiger partial charge in [-0.25, -0.2) is 0 Å². The monoisotopic (exact) mass is 227 g/mol. The van der Waals surface area contributed by atoms with E-state index in [-0.39, 0.29) is 6.10 Å². The van der Waals surface area contributed by atoms with Crippen LogP contribution in [0.1, 0.15) is 39.0 Å². The minimum Gasteiger partial charge on any atom is -0.391 e. The fraction of sp³-hybridized carbons (Fsp3) is 1.00. The summed E-state index contributed by atoms with van der Waals surface area (Å²) < 4.78 is 5.34. The van der Waals surface area contributed by atoms with E-state index in [2.05, 4.69) is 11.8 Å². The molecule has 0 spiro atoms. The lowest BCUT2D eigenvalue weighted by atomic mass is 10.0. The van der Waals surface area contributed by atoms with Crippen molar-refractivity contribution in [2.45, 2.75) is 51.2 Å². The van der Waals surface area contributed by atoms with Crippen LogP contribution in [0.15, 0.2) is 0 Å². The van der Waals surface area contributed by atoms with Crippen molar-refractivity contribution < 1.29 is 9.84 Å². The first-order valence-corrected chi connectivity index (χ1v) is 6.77. The minimum absolute atomic E-state index is 0.192. The smallest absolute Gasteiger partial charge is 0.0718 e. The van der Waals surface area contributed by atoms with Crippen LogP contribution >= 0.6 is 0 Å². The van der Waals surface area contributed by atoms with Gasteiger partial charge in [0.25, 0.3) is 0 Å². The van der Waals surface area contributed by atoms with Gasteiger partial charge < -0.3 is 9.84 Å². The average Bonchev–Trinajstić information content (AvgIpc) is 2.73. The predicted octanol–water partition coefficient (Wildman–Crippen LogP) is 1.65. The van der Waals surface area contributed by atoms with Crippen LogP contribution < -0.4 is 0 Å². The molecule has 0 saturated carbocycles. The number of nitrogens with zero attached hydrogens (tertiary/aromatic N) is 1. The van der Waals surface area contributed by atoms with Crippen molar-refractivity contribution in [3.8, 4) is 0 Å². The van der Waals surface area contributed by atoms with Gasteiger partial charge in [-0.3, -0.25) is 4.90 Å². The maximum absolute atomic E-state index is 10.2. The Morgan fingerprint density at radius 2 is 2.19 bits per heavy atom.